The van der Waals surface area contributed by atoms with Crippen molar-refractivity contribution in [3.8, 4) is 22.4 Å². The molecule has 2 aromatic carbocycles. The summed E-state index contributed by atoms with van der Waals surface area (Å²) in [5, 5.41) is 9.13. The Balaban J connectivity index is 1.40. The van der Waals surface area contributed by atoms with Gasteiger partial charge < -0.3 is 10.2 Å². The normalized spacial score (nSPS) is 11.3. The first kappa shape index (κ1) is 21.8. The van der Waals surface area contributed by atoms with Crippen LogP contribution in [0.1, 0.15) is 5.56 Å². The number of benzene rings is 2. The largest absolute Gasteiger partial charge is 0.355 e. The van der Waals surface area contributed by atoms with E-state index in [1.807, 2.05) is 35.4 Å². The molecule has 5 aromatic rings. The maximum atomic E-state index is 4.62. The number of fused-ring (bicyclic) bond motifs is 1. The van der Waals surface area contributed by atoms with Gasteiger partial charge in [-0.3, -0.25) is 14.6 Å². The summed E-state index contributed by atoms with van der Waals surface area (Å²) in [6, 6.07) is 20.9. The van der Waals surface area contributed by atoms with Crippen LogP contribution in [-0.2, 0) is 6.54 Å². The average Bonchev–Trinajstić information content (AvgIpc) is 3.32. The summed E-state index contributed by atoms with van der Waals surface area (Å²) in [6.07, 6.45) is 7.70. The Morgan fingerprint density at radius 2 is 1.65 bits per heavy atom. The van der Waals surface area contributed by atoms with Crippen LogP contribution in [0.4, 0.5) is 11.4 Å². The van der Waals surface area contributed by atoms with Crippen molar-refractivity contribution in [3.63, 3.8) is 0 Å². The molecule has 0 fully saturated rings. The second-order valence-electron chi connectivity index (χ2n) is 8.81. The van der Waals surface area contributed by atoms with E-state index in [9.17, 15) is 0 Å². The number of rotatable bonds is 7. The molecule has 0 aliphatic rings. The molecule has 170 valence electrons. The highest BCUT2D eigenvalue weighted by molar-refractivity contribution is 5.95. The molecular formula is C28H28N6. The molecule has 0 saturated heterocycles. The molecule has 3 heterocycles. The van der Waals surface area contributed by atoms with Crippen LogP contribution >= 0.6 is 0 Å². The van der Waals surface area contributed by atoms with E-state index in [1.54, 1.807) is 0 Å². The lowest BCUT2D eigenvalue weighted by molar-refractivity contribution is 0.373. The minimum atomic E-state index is 0.864. The van der Waals surface area contributed by atoms with Gasteiger partial charge in [0.15, 0.2) is 0 Å². The Morgan fingerprint density at radius 1 is 0.853 bits per heavy atom. The van der Waals surface area contributed by atoms with Gasteiger partial charge in [0.25, 0.3) is 0 Å². The van der Waals surface area contributed by atoms with Crippen molar-refractivity contribution in [3.05, 3.63) is 91.0 Å². The van der Waals surface area contributed by atoms with Gasteiger partial charge in [-0.05, 0) is 50.8 Å². The van der Waals surface area contributed by atoms with Gasteiger partial charge in [-0.25, -0.2) is 0 Å². The lowest BCUT2D eigenvalue weighted by Gasteiger charge is -2.11. The Hall–Kier alpha value is -4.03. The fourth-order valence-corrected chi connectivity index (χ4v) is 3.92. The van der Waals surface area contributed by atoms with Crippen LogP contribution in [0, 0.1) is 6.92 Å². The topological polar surface area (TPSA) is 58.9 Å². The van der Waals surface area contributed by atoms with Crippen LogP contribution < -0.4 is 5.32 Å². The minimum Gasteiger partial charge on any atom is -0.355 e. The third-order valence-electron chi connectivity index (χ3n) is 5.87. The highest BCUT2D eigenvalue weighted by atomic mass is 15.3. The van der Waals surface area contributed by atoms with E-state index >= 15 is 0 Å². The zero-order valence-electron chi connectivity index (χ0n) is 19.7. The molecule has 0 radical (unpaired) electrons. The van der Waals surface area contributed by atoms with Crippen LogP contribution in [0.3, 0.4) is 0 Å². The molecular weight excluding hydrogens is 420 g/mol. The van der Waals surface area contributed by atoms with Gasteiger partial charge in [0.1, 0.15) is 0 Å². The van der Waals surface area contributed by atoms with Gasteiger partial charge in [0, 0.05) is 53.0 Å². The SMILES string of the molecule is Cc1ccc(-c2cc(Nc3ccnc4cc(-c5cnn(CCN(C)C)c5)ccc34)ccn2)cc1. The fourth-order valence-electron chi connectivity index (χ4n) is 3.92. The molecule has 6 nitrogen and oxygen atoms in total. The fraction of sp³-hybridized carbons (Fsp3) is 0.179. The number of hydrogen-bond acceptors (Lipinski definition) is 5. The first-order valence-corrected chi connectivity index (χ1v) is 11.4. The van der Waals surface area contributed by atoms with Gasteiger partial charge in [0.2, 0.25) is 0 Å². The Labute approximate surface area is 199 Å². The summed E-state index contributed by atoms with van der Waals surface area (Å²) in [5.41, 5.74) is 8.43. The summed E-state index contributed by atoms with van der Waals surface area (Å²) >= 11 is 0. The van der Waals surface area contributed by atoms with E-state index in [0.717, 1.165) is 57.8 Å². The van der Waals surface area contributed by atoms with Crippen LogP contribution in [0.15, 0.2) is 85.5 Å². The smallest absolute Gasteiger partial charge is 0.0729 e. The molecule has 0 saturated carbocycles. The van der Waals surface area contributed by atoms with Crippen molar-refractivity contribution in [1.82, 2.24) is 24.6 Å². The van der Waals surface area contributed by atoms with E-state index < -0.39 is 0 Å². The molecule has 1 N–H and O–H groups in total. The molecule has 0 unspecified atom stereocenters. The maximum Gasteiger partial charge on any atom is 0.0729 e. The molecule has 5 rings (SSSR count). The molecule has 0 atom stereocenters. The standard InChI is InChI=1S/C28H28N6/c1-20-4-6-21(7-5-20)27-17-24(10-12-29-27)32-26-11-13-30-28-16-22(8-9-25(26)28)23-18-31-34(19-23)15-14-33(2)3/h4-13,16-19H,14-15H2,1-3H3,(H,29,30,32). The molecule has 0 amide bonds. The number of aryl methyl sites for hydroxylation is 1. The summed E-state index contributed by atoms with van der Waals surface area (Å²) in [4.78, 5) is 11.3. The second-order valence-corrected chi connectivity index (χ2v) is 8.81. The number of nitrogens with zero attached hydrogens (tertiary/aromatic N) is 5. The van der Waals surface area contributed by atoms with Gasteiger partial charge in [-0.1, -0.05) is 42.0 Å². The number of aromatic nitrogens is 4. The van der Waals surface area contributed by atoms with E-state index in [4.69, 9.17) is 0 Å². The van der Waals surface area contributed by atoms with Crippen molar-refractivity contribution in [1.29, 1.82) is 0 Å². The zero-order chi connectivity index (χ0) is 23.5. The first-order valence-electron chi connectivity index (χ1n) is 11.4. The molecule has 0 spiro atoms. The lowest BCUT2D eigenvalue weighted by Crippen LogP contribution is -2.18. The van der Waals surface area contributed by atoms with Gasteiger partial charge in [-0.15, -0.1) is 0 Å². The van der Waals surface area contributed by atoms with Crippen molar-refractivity contribution >= 4 is 22.3 Å². The summed E-state index contributed by atoms with van der Waals surface area (Å²) in [5.74, 6) is 0. The number of anilines is 2. The highest BCUT2D eigenvalue weighted by Crippen LogP contribution is 2.30. The van der Waals surface area contributed by atoms with E-state index in [0.29, 0.717) is 0 Å². The average molecular weight is 449 g/mol. The summed E-state index contributed by atoms with van der Waals surface area (Å²) in [7, 11) is 4.14. The third-order valence-corrected chi connectivity index (χ3v) is 5.87. The maximum absolute atomic E-state index is 4.62. The predicted octanol–water partition coefficient (Wildman–Crippen LogP) is 5.77. The van der Waals surface area contributed by atoms with Crippen LogP contribution in [0.5, 0.6) is 0 Å². The molecule has 0 aliphatic carbocycles. The molecule has 34 heavy (non-hydrogen) atoms. The zero-order valence-corrected chi connectivity index (χ0v) is 19.7. The molecule has 3 aromatic heterocycles. The summed E-state index contributed by atoms with van der Waals surface area (Å²) in [6.45, 7) is 3.91. The monoisotopic (exact) mass is 448 g/mol. The van der Waals surface area contributed by atoms with Crippen LogP contribution in [-0.4, -0.2) is 45.3 Å². The Morgan fingerprint density at radius 3 is 2.47 bits per heavy atom. The Bertz CT molecular complexity index is 1420. The molecule has 0 bridgehead atoms. The number of likely N-dealkylation sites (N-methyl/N-ethyl adjacent to an activating group) is 1. The van der Waals surface area contributed by atoms with Gasteiger partial charge in [-0.2, -0.15) is 5.10 Å². The van der Waals surface area contributed by atoms with Crippen molar-refractivity contribution in [2.45, 2.75) is 13.5 Å². The summed E-state index contributed by atoms with van der Waals surface area (Å²) < 4.78 is 1.99. The van der Waals surface area contributed by atoms with E-state index in [2.05, 4.69) is 101 Å². The number of nitrogens with one attached hydrogen (secondary N) is 1. The van der Waals surface area contributed by atoms with E-state index in [-0.39, 0.29) is 0 Å². The first-order chi connectivity index (χ1) is 16.5. The highest BCUT2D eigenvalue weighted by Gasteiger charge is 2.08. The molecule has 6 heteroatoms. The number of hydrogen-bond donors (Lipinski definition) is 1. The third kappa shape index (κ3) is 4.82. The lowest BCUT2D eigenvalue weighted by atomic mass is 10.1. The molecule has 0 aliphatic heterocycles. The minimum absolute atomic E-state index is 0.864. The Kier molecular flexibility index (Phi) is 6.06. The second kappa shape index (κ2) is 9.45. The number of pyridine rings is 2. The van der Waals surface area contributed by atoms with Crippen LogP contribution in [0.2, 0.25) is 0 Å². The predicted molar refractivity (Wildman–Crippen MR) is 139 cm³/mol. The van der Waals surface area contributed by atoms with Crippen molar-refractivity contribution in [2.24, 2.45) is 0 Å². The van der Waals surface area contributed by atoms with Crippen LogP contribution in [0.25, 0.3) is 33.3 Å². The van der Waals surface area contributed by atoms with Gasteiger partial charge in [0.05, 0.1) is 24.0 Å². The van der Waals surface area contributed by atoms with E-state index in [1.165, 1.54) is 5.56 Å². The van der Waals surface area contributed by atoms with Crippen molar-refractivity contribution in [2.75, 3.05) is 26.0 Å². The quantitative estimate of drug-likeness (QED) is 0.342. The van der Waals surface area contributed by atoms with Gasteiger partial charge >= 0.3 is 0 Å². The van der Waals surface area contributed by atoms with Crippen molar-refractivity contribution < 1.29 is 0 Å².